The van der Waals surface area contributed by atoms with Crippen LogP contribution in [0.15, 0.2) is 0 Å². The van der Waals surface area contributed by atoms with Gasteiger partial charge in [0.25, 0.3) is 0 Å². The van der Waals surface area contributed by atoms with E-state index in [1.54, 1.807) is 0 Å². The smallest absolute Gasteiger partial charge is 0.274 e. The van der Waals surface area contributed by atoms with Gasteiger partial charge in [0.1, 0.15) is 0 Å². The molecule has 32 heavy (non-hydrogen) atoms. The van der Waals surface area contributed by atoms with E-state index in [1.165, 1.54) is 0 Å². The van der Waals surface area contributed by atoms with Crippen LogP contribution in [0.25, 0.3) is 0 Å². The highest BCUT2D eigenvalue weighted by Crippen LogP contribution is 2.64. The average molecular weight is 541 g/mol. The SMILES string of the molecule is CC(=O)NS(=O)(=O)C(F)(F)C(F)(F)C(F)(F)C(F)(F)C(F)(F)C(F)(F)C(F)(F)C(F)(F)F. The molecule has 0 aromatic carbocycles. The molecule has 0 unspecified atom stereocenters. The van der Waals surface area contributed by atoms with E-state index in [1.807, 2.05) is 0 Å². The van der Waals surface area contributed by atoms with Gasteiger partial charge in [-0.05, 0) is 0 Å². The molecule has 0 aliphatic rings. The van der Waals surface area contributed by atoms with Crippen LogP contribution in [0.2, 0.25) is 0 Å². The minimum Gasteiger partial charge on any atom is -0.274 e. The number of nitrogens with one attached hydrogen (secondary N) is 1. The molecule has 1 N–H and O–H groups in total. The number of halogens is 17. The highest BCUT2D eigenvalue weighted by molar-refractivity contribution is 7.91. The van der Waals surface area contributed by atoms with Gasteiger partial charge in [-0.25, -0.2) is 4.72 Å². The second-order valence-electron chi connectivity index (χ2n) is 5.62. The third-order valence-electron chi connectivity index (χ3n) is 3.31. The van der Waals surface area contributed by atoms with Gasteiger partial charge in [0, 0.05) is 6.92 Å². The Hall–Kier alpha value is -1.77. The van der Waals surface area contributed by atoms with E-state index >= 15 is 0 Å². The summed E-state index contributed by atoms with van der Waals surface area (Å²) >= 11 is 0. The van der Waals surface area contributed by atoms with Crippen molar-refractivity contribution < 1.29 is 87.8 Å². The van der Waals surface area contributed by atoms with E-state index in [0.29, 0.717) is 0 Å². The monoisotopic (exact) mass is 541 g/mol. The molecule has 0 bridgehead atoms. The second-order valence-corrected chi connectivity index (χ2v) is 7.35. The van der Waals surface area contributed by atoms with Crippen molar-refractivity contribution in [3.05, 3.63) is 0 Å². The lowest BCUT2D eigenvalue weighted by molar-refractivity contribution is -0.458. The number of carbonyl (C=O) groups excluding carboxylic acids is 1. The molecule has 0 aromatic heterocycles. The summed E-state index contributed by atoms with van der Waals surface area (Å²) in [5.74, 6) is -54.3. The Kier molecular flexibility index (Phi) is 6.96. The summed E-state index contributed by atoms with van der Waals surface area (Å²) in [4.78, 5) is 10.4. The van der Waals surface area contributed by atoms with Gasteiger partial charge in [0.2, 0.25) is 5.91 Å². The average Bonchev–Trinajstić information content (AvgIpc) is 2.51. The molecule has 0 rings (SSSR count). The van der Waals surface area contributed by atoms with Crippen molar-refractivity contribution in [2.45, 2.75) is 53.9 Å². The van der Waals surface area contributed by atoms with Crippen LogP contribution in [-0.4, -0.2) is 61.3 Å². The van der Waals surface area contributed by atoms with Crippen molar-refractivity contribution in [3.8, 4) is 0 Å². The highest BCUT2D eigenvalue weighted by Gasteiger charge is 2.96. The summed E-state index contributed by atoms with van der Waals surface area (Å²) in [7, 11) is -7.55. The molecule has 0 spiro atoms. The van der Waals surface area contributed by atoms with Crippen molar-refractivity contribution in [1.29, 1.82) is 0 Å². The fourth-order valence-electron chi connectivity index (χ4n) is 1.57. The maximum atomic E-state index is 13.4. The third-order valence-corrected chi connectivity index (χ3v) is 4.80. The second kappa shape index (κ2) is 7.37. The number of hydrogen-bond donors (Lipinski definition) is 1. The van der Waals surface area contributed by atoms with Crippen LogP contribution in [0.5, 0.6) is 0 Å². The Morgan fingerprint density at radius 3 is 1.03 bits per heavy atom. The first-order chi connectivity index (χ1) is 13.4. The topological polar surface area (TPSA) is 63.2 Å². The van der Waals surface area contributed by atoms with Gasteiger partial charge >= 0.3 is 57.0 Å². The lowest BCUT2D eigenvalue weighted by atomic mass is 9.91. The first-order valence-corrected chi connectivity index (χ1v) is 8.14. The van der Waals surface area contributed by atoms with Crippen LogP contribution < -0.4 is 4.72 Å². The Balaban J connectivity index is 6.95. The van der Waals surface area contributed by atoms with Gasteiger partial charge in [0.05, 0.1) is 0 Å². The van der Waals surface area contributed by atoms with Gasteiger partial charge in [-0.15, -0.1) is 0 Å². The Labute approximate surface area is 163 Å². The standard InChI is InChI=1S/C10H4F17NO3S/c1-2(29)28-32(30,31)10(26,27)8(21,22)6(17,18)4(13,14)3(11,12)5(15,16)7(19,20)9(23,24)25/h1H3,(H,28,29). The third kappa shape index (κ3) is 3.70. The van der Waals surface area contributed by atoms with E-state index < -0.39 is 62.9 Å². The molecule has 192 valence electrons. The molecule has 4 nitrogen and oxygen atoms in total. The Morgan fingerprint density at radius 1 is 0.531 bits per heavy atom. The molecule has 0 saturated heterocycles. The van der Waals surface area contributed by atoms with E-state index in [2.05, 4.69) is 0 Å². The normalized spacial score (nSPS) is 16.2. The first kappa shape index (κ1) is 30.2. The number of carbonyl (C=O) groups is 1. The minimum atomic E-state index is -8.91. The fraction of sp³-hybridized carbons (Fsp3) is 0.900. The fourth-order valence-corrected chi connectivity index (χ4v) is 2.54. The van der Waals surface area contributed by atoms with Crippen molar-refractivity contribution in [2.24, 2.45) is 0 Å². The van der Waals surface area contributed by atoms with Crippen LogP contribution in [-0.2, 0) is 14.8 Å². The van der Waals surface area contributed by atoms with Crippen LogP contribution >= 0.6 is 0 Å². The zero-order valence-corrected chi connectivity index (χ0v) is 14.9. The first-order valence-electron chi connectivity index (χ1n) is 6.66. The number of hydrogen-bond acceptors (Lipinski definition) is 3. The van der Waals surface area contributed by atoms with E-state index in [4.69, 9.17) is 0 Å². The Morgan fingerprint density at radius 2 is 0.781 bits per heavy atom. The largest absolute Gasteiger partial charge is 0.460 e. The molecular formula is C10H4F17NO3S. The van der Waals surface area contributed by atoms with Gasteiger partial charge in [-0.1, -0.05) is 0 Å². The quantitative estimate of drug-likeness (QED) is 0.464. The summed E-state index contributed by atoms with van der Waals surface area (Å²) in [5, 5.41) is -7.74. The predicted octanol–water partition coefficient (Wildman–Crippen LogP) is 4.42. The van der Waals surface area contributed by atoms with Gasteiger partial charge in [0.15, 0.2) is 0 Å². The van der Waals surface area contributed by atoms with Gasteiger partial charge < -0.3 is 0 Å². The molecule has 0 saturated carbocycles. The molecule has 0 aliphatic heterocycles. The maximum absolute atomic E-state index is 13.4. The molecule has 0 atom stereocenters. The molecule has 0 aliphatic carbocycles. The van der Waals surface area contributed by atoms with Crippen molar-refractivity contribution in [1.82, 2.24) is 4.72 Å². The molecule has 0 aromatic rings. The molecular weight excluding hydrogens is 537 g/mol. The molecule has 0 fully saturated rings. The van der Waals surface area contributed by atoms with Crippen LogP contribution in [0.3, 0.4) is 0 Å². The van der Waals surface area contributed by atoms with Crippen LogP contribution in [0.1, 0.15) is 6.92 Å². The van der Waals surface area contributed by atoms with Crippen LogP contribution in [0.4, 0.5) is 74.6 Å². The number of rotatable bonds is 8. The highest BCUT2D eigenvalue weighted by atomic mass is 32.2. The summed E-state index contributed by atoms with van der Waals surface area (Å²) in [5.41, 5.74) is 0. The van der Waals surface area contributed by atoms with E-state index in [-0.39, 0.29) is 11.6 Å². The maximum Gasteiger partial charge on any atom is 0.460 e. The summed E-state index contributed by atoms with van der Waals surface area (Å²) in [6, 6.07) is 0. The molecule has 1 amide bonds. The van der Waals surface area contributed by atoms with Crippen molar-refractivity contribution >= 4 is 15.9 Å². The lowest BCUT2D eigenvalue weighted by Crippen LogP contribution is -2.75. The van der Waals surface area contributed by atoms with E-state index in [0.717, 1.165) is 0 Å². The zero-order valence-electron chi connectivity index (χ0n) is 14.1. The Bertz CT molecular complexity index is 843. The zero-order chi connectivity index (χ0) is 26.8. The van der Waals surface area contributed by atoms with E-state index in [9.17, 15) is 87.8 Å². The summed E-state index contributed by atoms with van der Waals surface area (Å²) in [6.07, 6.45) is -7.90. The van der Waals surface area contributed by atoms with Gasteiger partial charge in [-0.2, -0.15) is 83.1 Å². The van der Waals surface area contributed by atoms with Crippen molar-refractivity contribution in [2.75, 3.05) is 0 Å². The van der Waals surface area contributed by atoms with Gasteiger partial charge in [-0.3, -0.25) is 4.79 Å². The number of amides is 1. The number of sulfonamides is 1. The van der Waals surface area contributed by atoms with Crippen molar-refractivity contribution in [3.63, 3.8) is 0 Å². The summed E-state index contributed by atoms with van der Waals surface area (Å²) < 4.78 is 241. The predicted molar refractivity (Wildman–Crippen MR) is 63.4 cm³/mol. The minimum absolute atomic E-state index is 0.0769. The molecule has 22 heteroatoms. The van der Waals surface area contributed by atoms with Crippen LogP contribution in [0, 0.1) is 0 Å². The lowest BCUT2D eigenvalue weighted by Gasteiger charge is -2.42. The number of alkyl halides is 17. The molecule has 0 heterocycles. The summed E-state index contributed by atoms with van der Waals surface area (Å²) in [6.45, 7) is -0.0769. The molecule has 0 radical (unpaired) electrons.